The van der Waals surface area contributed by atoms with Crippen molar-refractivity contribution in [3.05, 3.63) is 163 Å². The fourth-order valence-electron chi connectivity index (χ4n) is 8.29. The first-order chi connectivity index (χ1) is 24.1. The van der Waals surface area contributed by atoms with Crippen molar-refractivity contribution in [1.82, 2.24) is 0 Å². The summed E-state index contributed by atoms with van der Waals surface area (Å²) in [5.74, 6) is 0. The van der Waals surface area contributed by atoms with Gasteiger partial charge in [-0.25, -0.2) is 0 Å². The smallest absolute Gasteiger partial charge is 0.136 e. The van der Waals surface area contributed by atoms with E-state index in [1.807, 2.05) is 18.2 Å². The van der Waals surface area contributed by atoms with Crippen molar-refractivity contribution in [1.29, 1.82) is 0 Å². The van der Waals surface area contributed by atoms with E-state index in [0.717, 1.165) is 56.3 Å². The minimum Gasteiger partial charge on any atom is -0.456 e. The van der Waals surface area contributed by atoms with E-state index in [-0.39, 0.29) is 5.41 Å². The van der Waals surface area contributed by atoms with Gasteiger partial charge in [-0.05, 0) is 94.4 Å². The number of anilines is 3. The fraction of sp³-hybridized carbons (Fsp3) is 0.0870. The van der Waals surface area contributed by atoms with Crippen LogP contribution in [-0.2, 0) is 5.41 Å². The van der Waals surface area contributed by atoms with Crippen LogP contribution >= 0.6 is 0 Å². The lowest BCUT2D eigenvalue weighted by molar-refractivity contribution is 0.565. The molecule has 0 bridgehead atoms. The van der Waals surface area contributed by atoms with E-state index in [0.29, 0.717) is 0 Å². The average molecular weight is 632 g/mol. The van der Waals surface area contributed by atoms with Crippen molar-refractivity contribution in [3.63, 3.8) is 0 Å². The largest absolute Gasteiger partial charge is 0.456 e. The Kier molecular flexibility index (Phi) is 5.98. The molecule has 234 valence electrons. The maximum absolute atomic E-state index is 6.41. The molecule has 10 rings (SSSR count). The highest BCUT2D eigenvalue weighted by molar-refractivity contribution is 6.15. The Morgan fingerprint density at radius 3 is 1.96 bits per heavy atom. The molecule has 3 nitrogen and oxygen atoms in total. The number of rotatable bonds is 5. The van der Waals surface area contributed by atoms with Gasteiger partial charge in [-0.2, -0.15) is 0 Å². The second-order valence-corrected chi connectivity index (χ2v) is 13.4. The molecule has 1 atom stereocenters. The Bertz CT molecular complexity index is 2720. The number of fused-ring (bicyclic) bond motifs is 10. The van der Waals surface area contributed by atoms with Gasteiger partial charge in [-0.1, -0.05) is 111 Å². The monoisotopic (exact) mass is 631 g/mol. The number of furan rings is 2. The van der Waals surface area contributed by atoms with Gasteiger partial charge in [0.2, 0.25) is 0 Å². The van der Waals surface area contributed by atoms with Gasteiger partial charge in [-0.15, -0.1) is 0 Å². The second-order valence-electron chi connectivity index (χ2n) is 13.4. The van der Waals surface area contributed by atoms with Crippen LogP contribution in [0.4, 0.5) is 17.1 Å². The summed E-state index contributed by atoms with van der Waals surface area (Å²) in [5, 5.41) is 4.60. The van der Waals surface area contributed by atoms with Crippen LogP contribution in [0, 0.1) is 0 Å². The zero-order chi connectivity index (χ0) is 32.7. The molecule has 7 aromatic carbocycles. The lowest BCUT2D eigenvalue weighted by Crippen LogP contribution is -2.23. The minimum absolute atomic E-state index is 0.220. The van der Waals surface area contributed by atoms with Gasteiger partial charge >= 0.3 is 0 Å². The lowest BCUT2D eigenvalue weighted by Gasteiger charge is -2.33. The first-order valence-corrected chi connectivity index (χ1v) is 17.1. The van der Waals surface area contributed by atoms with Crippen LogP contribution in [0.5, 0.6) is 0 Å². The van der Waals surface area contributed by atoms with Gasteiger partial charge in [0.15, 0.2) is 0 Å². The van der Waals surface area contributed by atoms with Crippen molar-refractivity contribution >= 4 is 60.9 Å². The Hall–Kier alpha value is -6.06. The third-order valence-electron chi connectivity index (χ3n) is 10.8. The fourth-order valence-corrected chi connectivity index (χ4v) is 8.29. The van der Waals surface area contributed by atoms with E-state index in [9.17, 15) is 0 Å². The molecular formula is C46H33NO2. The van der Waals surface area contributed by atoms with Gasteiger partial charge in [0.05, 0.1) is 5.69 Å². The van der Waals surface area contributed by atoms with Crippen LogP contribution in [0.15, 0.2) is 160 Å². The van der Waals surface area contributed by atoms with Crippen molar-refractivity contribution in [2.24, 2.45) is 0 Å². The summed E-state index contributed by atoms with van der Waals surface area (Å²) < 4.78 is 12.7. The molecule has 0 spiro atoms. The lowest BCUT2D eigenvalue weighted by atomic mass is 9.77. The highest BCUT2D eigenvalue weighted by atomic mass is 16.3. The Morgan fingerprint density at radius 1 is 0.531 bits per heavy atom. The number of benzene rings is 7. The molecule has 9 aromatic rings. The number of hydrogen-bond donors (Lipinski definition) is 0. The predicted molar refractivity (Wildman–Crippen MR) is 203 cm³/mol. The van der Waals surface area contributed by atoms with E-state index in [2.05, 4.69) is 152 Å². The van der Waals surface area contributed by atoms with Crippen molar-refractivity contribution in [2.45, 2.75) is 25.7 Å². The molecule has 1 aliphatic rings. The average Bonchev–Trinajstić information content (AvgIpc) is 3.81. The molecule has 49 heavy (non-hydrogen) atoms. The summed E-state index contributed by atoms with van der Waals surface area (Å²) in [6.45, 7) is 4.73. The first-order valence-electron chi connectivity index (χ1n) is 17.1. The molecule has 2 aromatic heterocycles. The van der Waals surface area contributed by atoms with Gasteiger partial charge in [0, 0.05) is 38.3 Å². The van der Waals surface area contributed by atoms with Gasteiger partial charge in [-0.3, -0.25) is 0 Å². The zero-order valence-electron chi connectivity index (χ0n) is 27.4. The summed E-state index contributed by atoms with van der Waals surface area (Å²) in [6.07, 6.45) is 0.956. The quantitative estimate of drug-likeness (QED) is 0.189. The Labute approximate surface area is 284 Å². The summed E-state index contributed by atoms with van der Waals surface area (Å²) in [5.41, 5.74) is 14.5. The zero-order valence-corrected chi connectivity index (χ0v) is 27.4. The molecule has 0 saturated carbocycles. The van der Waals surface area contributed by atoms with Gasteiger partial charge in [0.25, 0.3) is 0 Å². The van der Waals surface area contributed by atoms with Crippen molar-refractivity contribution in [2.75, 3.05) is 4.90 Å². The molecular weight excluding hydrogens is 599 g/mol. The Balaban J connectivity index is 1.25. The third kappa shape index (κ3) is 4.02. The van der Waals surface area contributed by atoms with Crippen molar-refractivity contribution < 1.29 is 8.83 Å². The summed E-state index contributed by atoms with van der Waals surface area (Å²) >= 11 is 0. The standard InChI is InChI=1S/C46H33NO2/c1-3-46(2)37-25-27-42-44(34-15-8-10-19-40(34)49-42)43(37)35-16-11-17-38(45(35)46)47(31-22-20-30(21-23-31)29-12-5-4-6-13-29)32-24-26-41-36(28-32)33-14-7-9-18-39(33)48-41/h4-28H,3H2,1-2H3. The van der Waals surface area contributed by atoms with E-state index >= 15 is 0 Å². The summed E-state index contributed by atoms with van der Waals surface area (Å²) in [6, 6.07) is 54.2. The SMILES string of the molecule is CCC1(C)c2ccc3oc4ccccc4c3c2-c2cccc(N(c3ccc(-c4ccccc4)cc3)c3ccc4oc5ccccc5c4c3)c21. The van der Waals surface area contributed by atoms with Crippen LogP contribution < -0.4 is 4.90 Å². The second kappa shape index (κ2) is 10.5. The number of nitrogens with zero attached hydrogens (tertiary/aromatic N) is 1. The Morgan fingerprint density at radius 2 is 1.16 bits per heavy atom. The van der Waals surface area contributed by atoms with E-state index in [1.165, 1.54) is 44.5 Å². The maximum Gasteiger partial charge on any atom is 0.136 e. The maximum atomic E-state index is 6.41. The summed E-state index contributed by atoms with van der Waals surface area (Å²) in [7, 11) is 0. The minimum atomic E-state index is -0.220. The molecule has 2 heterocycles. The summed E-state index contributed by atoms with van der Waals surface area (Å²) in [4.78, 5) is 2.44. The van der Waals surface area contributed by atoms with E-state index < -0.39 is 0 Å². The molecule has 0 radical (unpaired) electrons. The number of hydrogen-bond acceptors (Lipinski definition) is 3. The third-order valence-corrected chi connectivity index (χ3v) is 10.8. The van der Waals surface area contributed by atoms with Crippen LogP contribution in [0.2, 0.25) is 0 Å². The normalized spacial score (nSPS) is 15.3. The molecule has 3 heteroatoms. The highest BCUT2D eigenvalue weighted by Gasteiger charge is 2.42. The van der Waals surface area contributed by atoms with Crippen LogP contribution in [0.3, 0.4) is 0 Å². The first kappa shape index (κ1) is 28.0. The van der Waals surface area contributed by atoms with E-state index in [4.69, 9.17) is 8.83 Å². The molecule has 0 aliphatic heterocycles. The van der Waals surface area contributed by atoms with Crippen LogP contribution in [0.25, 0.3) is 66.1 Å². The number of para-hydroxylation sites is 2. The molecule has 1 aliphatic carbocycles. The molecule has 0 saturated heterocycles. The highest BCUT2D eigenvalue weighted by Crippen LogP contribution is 2.58. The molecule has 0 N–H and O–H groups in total. The van der Waals surface area contributed by atoms with Gasteiger partial charge < -0.3 is 13.7 Å². The van der Waals surface area contributed by atoms with Gasteiger partial charge in [0.1, 0.15) is 22.3 Å². The molecule has 0 amide bonds. The van der Waals surface area contributed by atoms with Crippen LogP contribution in [-0.4, -0.2) is 0 Å². The van der Waals surface area contributed by atoms with Crippen LogP contribution in [0.1, 0.15) is 31.4 Å². The van der Waals surface area contributed by atoms with Crippen molar-refractivity contribution in [3.8, 4) is 22.3 Å². The molecule has 1 unspecified atom stereocenters. The topological polar surface area (TPSA) is 29.5 Å². The predicted octanol–water partition coefficient (Wildman–Crippen LogP) is 13.3. The molecule has 0 fully saturated rings. The van der Waals surface area contributed by atoms with E-state index in [1.54, 1.807) is 0 Å².